The van der Waals surface area contributed by atoms with Crippen molar-refractivity contribution in [2.75, 3.05) is 6.61 Å². The van der Waals surface area contributed by atoms with Crippen LogP contribution in [0.25, 0.3) is 0 Å². The van der Waals surface area contributed by atoms with Crippen molar-refractivity contribution in [3.8, 4) is 5.75 Å². The minimum Gasteiger partial charge on any atom is -0.493 e. The third-order valence-electron chi connectivity index (χ3n) is 3.16. The predicted molar refractivity (Wildman–Crippen MR) is 69.9 cm³/mol. The topological polar surface area (TPSA) is 22.1 Å². The minimum atomic E-state index is 0.426. The van der Waals surface area contributed by atoms with Crippen LogP contribution < -0.4 is 4.74 Å². The molecular formula is C14H15NOS. The van der Waals surface area contributed by atoms with E-state index in [1.807, 2.05) is 12.1 Å². The summed E-state index contributed by atoms with van der Waals surface area (Å²) in [5.41, 5.74) is 2.50. The van der Waals surface area contributed by atoms with Crippen molar-refractivity contribution in [1.29, 1.82) is 0 Å². The van der Waals surface area contributed by atoms with Crippen LogP contribution >= 0.6 is 11.3 Å². The maximum Gasteiger partial charge on any atom is 0.122 e. The highest BCUT2D eigenvalue weighted by atomic mass is 32.1. The molecule has 0 saturated heterocycles. The number of para-hydroxylation sites is 1. The number of hydrogen-bond donors (Lipinski definition) is 0. The van der Waals surface area contributed by atoms with Crippen molar-refractivity contribution in [3.05, 3.63) is 45.9 Å². The molecule has 1 unspecified atom stereocenters. The first-order valence-electron chi connectivity index (χ1n) is 6.02. The summed E-state index contributed by atoms with van der Waals surface area (Å²) in [5, 5.41) is 3.38. The monoisotopic (exact) mass is 245 g/mol. The number of ether oxygens (including phenoxy) is 1. The molecule has 3 heteroatoms. The first-order chi connectivity index (χ1) is 8.36. The lowest BCUT2D eigenvalue weighted by atomic mass is 9.97. The third kappa shape index (κ3) is 2.07. The summed E-state index contributed by atoms with van der Waals surface area (Å²) in [7, 11) is 0. The molecule has 0 saturated carbocycles. The first-order valence-corrected chi connectivity index (χ1v) is 6.89. The Balaban J connectivity index is 1.84. The molecule has 2 aromatic rings. The molecule has 3 rings (SSSR count). The van der Waals surface area contributed by atoms with Crippen LogP contribution in [0.15, 0.2) is 29.6 Å². The van der Waals surface area contributed by atoms with Gasteiger partial charge in [-0.25, -0.2) is 4.98 Å². The molecule has 1 aliphatic rings. The maximum absolute atomic E-state index is 5.80. The van der Waals surface area contributed by atoms with Crippen LogP contribution in [0.1, 0.15) is 29.1 Å². The van der Waals surface area contributed by atoms with Crippen LogP contribution in [0.2, 0.25) is 0 Å². The zero-order valence-corrected chi connectivity index (χ0v) is 10.7. The molecule has 0 radical (unpaired) electrons. The maximum atomic E-state index is 5.80. The first kappa shape index (κ1) is 10.8. The zero-order chi connectivity index (χ0) is 11.7. The molecule has 0 N–H and O–H groups in total. The van der Waals surface area contributed by atoms with Gasteiger partial charge in [-0.05, 0) is 24.5 Å². The van der Waals surface area contributed by atoms with Crippen LogP contribution in [0.4, 0.5) is 0 Å². The summed E-state index contributed by atoms with van der Waals surface area (Å²) >= 11 is 1.76. The SMILES string of the molecule is CCc1csc(C2COc3ccccc3C2)n1. The summed E-state index contributed by atoms with van der Waals surface area (Å²) in [5.74, 6) is 1.46. The fourth-order valence-corrected chi connectivity index (χ4v) is 3.15. The molecule has 1 aromatic carbocycles. The van der Waals surface area contributed by atoms with Gasteiger partial charge in [0.1, 0.15) is 5.75 Å². The molecule has 1 atom stereocenters. The van der Waals surface area contributed by atoms with Crippen molar-refractivity contribution in [3.63, 3.8) is 0 Å². The number of thiazole rings is 1. The molecule has 0 spiro atoms. The Labute approximate surface area is 105 Å². The number of benzene rings is 1. The Morgan fingerprint density at radius 3 is 3.12 bits per heavy atom. The van der Waals surface area contributed by atoms with Gasteiger partial charge in [-0.3, -0.25) is 0 Å². The van der Waals surface area contributed by atoms with Crippen LogP contribution in [-0.4, -0.2) is 11.6 Å². The summed E-state index contributed by atoms with van der Waals surface area (Å²) in [6, 6.07) is 8.29. The standard InChI is InChI=1S/C14H15NOS/c1-2-12-9-17-14(15-12)11-7-10-5-3-4-6-13(10)16-8-11/h3-6,9,11H,2,7-8H2,1H3. The van der Waals surface area contributed by atoms with E-state index < -0.39 is 0 Å². The highest BCUT2D eigenvalue weighted by molar-refractivity contribution is 7.09. The van der Waals surface area contributed by atoms with Gasteiger partial charge in [-0.15, -0.1) is 11.3 Å². The quantitative estimate of drug-likeness (QED) is 0.808. The normalized spacial score (nSPS) is 18.5. The fourth-order valence-electron chi connectivity index (χ4n) is 2.16. The minimum absolute atomic E-state index is 0.426. The highest BCUT2D eigenvalue weighted by Crippen LogP contribution is 2.33. The molecule has 17 heavy (non-hydrogen) atoms. The van der Waals surface area contributed by atoms with E-state index in [2.05, 4.69) is 29.4 Å². The number of rotatable bonds is 2. The number of fused-ring (bicyclic) bond motifs is 1. The van der Waals surface area contributed by atoms with Gasteiger partial charge in [0.05, 0.1) is 17.3 Å². The average Bonchev–Trinajstić information content (AvgIpc) is 2.87. The zero-order valence-electron chi connectivity index (χ0n) is 9.85. The van der Waals surface area contributed by atoms with Gasteiger partial charge in [0, 0.05) is 11.3 Å². The molecule has 0 aliphatic carbocycles. The second-order valence-corrected chi connectivity index (χ2v) is 5.24. The molecule has 0 amide bonds. The van der Waals surface area contributed by atoms with Gasteiger partial charge < -0.3 is 4.74 Å². The summed E-state index contributed by atoms with van der Waals surface area (Å²) < 4.78 is 5.80. The number of aryl methyl sites for hydroxylation is 1. The van der Waals surface area contributed by atoms with Crippen molar-refractivity contribution in [1.82, 2.24) is 4.98 Å². The molecule has 1 aromatic heterocycles. The molecule has 2 heterocycles. The number of nitrogens with zero attached hydrogens (tertiary/aromatic N) is 1. The Bertz CT molecular complexity index is 520. The second kappa shape index (κ2) is 4.49. The number of aromatic nitrogens is 1. The summed E-state index contributed by atoms with van der Waals surface area (Å²) in [6.07, 6.45) is 2.06. The second-order valence-electron chi connectivity index (χ2n) is 4.35. The fraction of sp³-hybridized carbons (Fsp3) is 0.357. The van der Waals surface area contributed by atoms with Gasteiger partial charge in [-0.1, -0.05) is 25.1 Å². The van der Waals surface area contributed by atoms with Crippen molar-refractivity contribution in [2.24, 2.45) is 0 Å². The summed E-state index contributed by atoms with van der Waals surface area (Å²) in [4.78, 5) is 4.66. The van der Waals surface area contributed by atoms with E-state index in [9.17, 15) is 0 Å². The van der Waals surface area contributed by atoms with Gasteiger partial charge in [0.15, 0.2) is 0 Å². The van der Waals surface area contributed by atoms with Crippen molar-refractivity contribution < 1.29 is 4.74 Å². The largest absolute Gasteiger partial charge is 0.493 e. The predicted octanol–water partition coefficient (Wildman–Crippen LogP) is 3.42. The smallest absolute Gasteiger partial charge is 0.122 e. The van der Waals surface area contributed by atoms with E-state index in [0.29, 0.717) is 5.92 Å². The molecular weight excluding hydrogens is 230 g/mol. The Hall–Kier alpha value is -1.35. The molecule has 0 bridgehead atoms. The van der Waals surface area contributed by atoms with Crippen molar-refractivity contribution in [2.45, 2.75) is 25.7 Å². The Morgan fingerprint density at radius 2 is 2.29 bits per heavy atom. The van der Waals surface area contributed by atoms with Crippen LogP contribution in [-0.2, 0) is 12.8 Å². The van der Waals surface area contributed by atoms with Crippen LogP contribution in [0.3, 0.4) is 0 Å². The average molecular weight is 245 g/mol. The molecule has 88 valence electrons. The van der Waals surface area contributed by atoms with Crippen LogP contribution in [0.5, 0.6) is 5.75 Å². The lowest BCUT2D eigenvalue weighted by molar-refractivity contribution is 0.262. The van der Waals surface area contributed by atoms with E-state index in [0.717, 1.165) is 25.2 Å². The lowest BCUT2D eigenvalue weighted by Gasteiger charge is -2.23. The number of hydrogen-bond acceptors (Lipinski definition) is 3. The molecule has 2 nitrogen and oxygen atoms in total. The van der Waals surface area contributed by atoms with Gasteiger partial charge in [0.2, 0.25) is 0 Å². The lowest BCUT2D eigenvalue weighted by Crippen LogP contribution is -2.18. The van der Waals surface area contributed by atoms with Crippen molar-refractivity contribution >= 4 is 11.3 Å². The van der Waals surface area contributed by atoms with E-state index in [1.165, 1.54) is 16.3 Å². The highest BCUT2D eigenvalue weighted by Gasteiger charge is 2.23. The van der Waals surface area contributed by atoms with Gasteiger partial charge in [0.25, 0.3) is 0 Å². The molecule has 1 aliphatic heterocycles. The Morgan fingerprint density at radius 1 is 1.41 bits per heavy atom. The Kier molecular flexibility index (Phi) is 2.85. The van der Waals surface area contributed by atoms with Gasteiger partial charge >= 0.3 is 0 Å². The summed E-state index contributed by atoms with van der Waals surface area (Å²) in [6.45, 7) is 2.90. The van der Waals surface area contributed by atoms with E-state index in [1.54, 1.807) is 11.3 Å². The van der Waals surface area contributed by atoms with Gasteiger partial charge in [-0.2, -0.15) is 0 Å². The van der Waals surface area contributed by atoms with E-state index in [-0.39, 0.29) is 0 Å². The van der Waals surface area contributed by atoms with E-state index >= 15 is 0 Å². The van der Waals surface area contributed by atoms with E-state index in [4.69, 9.17) is 4.74 Å². The van der Waals surface area contributed by atoms with Crippen LogP contribution in [0, 0.1) is 0 Å². The third-order valence-corrected chi connectivity index (χ3v) is 4.22. The molecule has 0 fully saturated rings.